The lowest BCUT2D eigenvalue weighted by Crippen LogP contribution is -2.30. The number of nitrogen functional groups attached to an aromatic ring is 1. The number of rotatable bonds is 2. The number of fused-ring (bicyclic) bond motifs is 1. The maximum atomic E-state index is 11.2. The van der Waals surface area contributed by atoms with E-state index in [1.54, 1.807) is 12.1 Å². The van der Waals surface area contributed by atoms with Crippen molar-refractivity contribution in [1.29, 1.82) is 0 Å². The molecule has 2 aromatic carbocycles. The van der Waals surface area contributed by atoms with Crippen LogP contribution in [0.4, 0.5) is 11.4 Å². The minimum Gasteiger partial charge on any atom is -0.478 e. The van der Waals surface area contributed by atoms with Crippen LogP contribution in [0.3, 0.4) is 0 Å². The minimum absolute atomic E-state index is 0.168. The Labute approximate surface area is 117 Å². The second-order valence-corrected chi connectivity index (χ2v) is 5.02. The molecule has 0 bridgehead atoms. The number of carbonyl (C=O) groups is 1. The van der Waals surface area contributed by atoms with Gasteiger partial charge >= 0.3 is 5.97 Å². The molecule has 0 spiro atoms. The van der Waals surface area contributed by atoms with E-state index in [1.165, 1.54) is 11.1 Å². The molecule has 0 saturated carbocycles. The van der Waals surface area contributed by atoms with Crippen molar-refractivity contribution in [2.45, 2.75) is 13.0 Å². The molecular weight excluding hydrogens is 252 g/mol. The Bertz CT molecular complexity index is 667. The molecule has 102 valence electrons. The van der Waals surface area contributed by atoms with Crippen LogP contribution in [0.5, 0.6) is 0 Å². The van der Waals surface area contributed by atoms with E-state index in [0.29, 0.717) is 5.69 Å². The fraction of sp³-hybridized carbons (Fsp3) is 0.188. The zero-order chi connectivity index (χ0) is 14.1. The summed E-state index contributed by atoms with van der Waals surface area (Å²) in [5.74, 6) is -0.984. The Balaban J connectivity index is 1.92. The molecule has 1 aliphatic rings. The Morgan fingerprint density at radius 2 is 1.90 bits per heavy atom. The highest BCUT2D eigenvalue weighted by Gasteiger charge is 2.18. The number of aromatic carboxylic acids is 1. The van der Waals surface area contributed by atoms with E-state index in [0.717, 1.165) is 25.2 Å². The second-order valence-electron chi connectivity index (χ2n) is 5.02. The fourth-order valence-corrected chi connectivity index (χ4v) is 2.64. The van der Waals surface area contributed by atoms with E-state index in [2.05, 4.69) is 23.1 Å². The van der Waals surface area contributed by atoms with Gasteiger partial charge in [-0.3, -0.25) is 0 Å². The van der Waals surface area contributed by atoms with Gasteiger partial charge in [0, 0.05) is 24.5 Å². The van der Waals surface area contributed by atoms with Crippen LogP contribution in [0.15, 0.2) is 42.5 Å². The number of carboxylic acids is 1. The third-order valence-electron chi connectivity index (χ3n) is 3.76. The lowest BCUT2D eigenvalue weighted by Gasteiger charge is -2.31. The van der Waals surface area contributed by atoms with Gasteiger partial charge in [0.1, 0.15) is 0 Å². The molecule has 4 heteroatoms. The van der Waals surface area contributed by atoms with Crippen LogP contribution in [0.2, 0.25) is 0 Å². The number of hydrogen-bond acceptors (Lipinski definition) is 3. The highest BCUT2D eigenvalue weighted by atomic mass is 16.4. The average molecular weight is 268 g/mol. The lowest BCUT2D eigenvalue weighted by molar-refractivity contribution is 0.0698. The summed E-state index contributed by atoms with van der Waals surface area (Å²) in [7, 11) is 0. The van der Waals surface area contributed by atoms with Gasteiger partial charge in [-0.25, -0.2) is 4.79 Å². The monoisotopic (exact) mass is 268 g/mol. The Hall–Kier alpha value is -2.49. The molecular formula is C16H16N2O2. The van der Waals surface area contributed by atoms with Gasteiger partial charge in [-0.15, -0.1) is 0 Å². The van der Waals surface area contributed by atoms with E-state index in [1.807, 2.05) is 12.1 Å². The second kappa shape index (κ2) is 4.89. The predicted octanol–water partition coefficient (Wildman–Crippen LogP) is 2.53. The van der Waals surface area contributed by atoms with Crippen molar-refractivity contribution >= 4 is 17.3 Å². The van der Waals surface area contributed by atoms with Crippen molar-refractivity contribution in [2.24, 2.45) is 0 Å². The van der Waals surface area contributed by atoms with Crippen LogP contribution < -0.4 is 10.6 Å². The molecule has 0 aromatic heterocycles. The molecule has 1 heterocycles. The summed E-state index contributed by atoms with van der Waals surface area (Å²) in [4.78, 5) is 13.3. The normalized spacial score (nSPS) is 13.9. The molecule has 0 aliphatic carbocycles. The standard InChI is InChI=1S/C16H16N2O2/c17-15-6-5-13(9-14(15)16(19)20)18-8-7-11-3-1-2-4-12(11)10-18/h1-6,9H,7-8,10,17H2,(H,19,20). The van der Waals surface area contributed by atoms with Crippen LogP contribution >= 0.6 is 0 Å². The van der Waals surface area contributed by atoms with Gasteiger partial charge in [0.15, 0.2) is 0 Å². The molecule has 2 aromatic rings. The zero-order valence-corrected chi connectivity index (χ0v) is 11.0. The van der Waals surface area contributed by atoms with Crippen molar-refractivity contribution in [3.8, 4) is 0 Å². The molecule has 0 atom stereocenters. The summed E-state index contributed by atoms with van der Waals surface area (Å²) >= 11 is 0. The van der Waals surface area contributed by atoms with Crippen molar-refractivity contribution in [1.82, 2.24) is 0 Å². The highest BCUT2D eigenvalue weighted by Crippen LogP contribution is 2.27. The van der Waals surface area contributed by atoms with Crippen LogP contribution in [-0.2, 0) is 13.0 Å². The van der Waals surface area contributed by atoms with Crippen LogP contribution in [-0.4, -0.2) is 17.6 Å². The van der Waals surface area contributed by atoms with Crippen molar-refractivity contribution in [3.63, 3.8) is 0 Å². The van der Waals surface area contributed by atoms with E-state index in [-0.39, 0.29) is 5.56 Å². The number of anilines is 2. The van der Waals surface area contributed by atoms with E-state index in [9.17, 15) is 4.79 Å². The van der Waals surface area contributed by atoms with Crippen molar-refractivity contribution < 1.29 is 9.90 Å². The van der Waals surface area contributed by atoms with E-state index < -0.39 is 5.97 Å². The first kappa shape index (κ1) is 12.5. The van der Waals surface area contributed by atoms with Crippen LogP contribution in [0.1, 0.15) is 21.5 Å². The molecule has 0 unspecified atom stereocenters. The molecule has 0 saturated heterocycles. The summed E-state index contributed by atoms with van der Waals surface area (Å²) in [6, 6.07) is 13.6. The van der Waals surface area contributed by atoms with Crippen LogP contribution in [0, 0.1) is 0 Å². The average Bonchev–Trinajstić information content (AvgIpc) is 2.47. The highest BCUT2D eigenvalue weighted by molar-refractivity contribution is 5.94. The Morgan fingerprint density at radius 1 is 1.15 bits per heavy atom. The first-order chi connectivity index (χ1) is 9.65. The first-order valence-electron chi connectivity index (χ1n) is 6.59. The minimum atomic E-state index is -0.984. The summed E-state index contributed by atoms with van der Waals surface area (Å²) in [5, 5.41) is 9.15. The quantitative estimate of drug-likeness (QED) is 0.821. The topological polar surface area (TPSA) is 66.6 Å². The number of nitrogens with zero attached hydrogens (tertiary/aromatic N) is 1. The Morgan fingerprint density at radius 3 is 2.65 bits per heavy atom. The smallest absolute Gasteiger partial charge is 0.337 e. The third-order valence-corrected chi connectivity index (χ3v) is 3.76. The summed E-state index contributed by atoms with van der Waals surface area (Å²) in [6.07, 6.45) is 0.975. The number of nitrogens with two attached hydrogens (primary N) is 1. The number of benzene rings is 2. The molecule has 0 radical (unpaired) electrons. The van der Waals surface area contributed by atoms with Gasteiger partial charge < -0.3 is 15.7 Å². The summed E-state index contributed by atoms with van der Waals surface area (Å²) in [5.41, 5.74) is 9.75. The fourth-order valence-electron chi connectivity index (χ4n) is 2.64. The van der Waals surface area contributed by atoms with Gasteiger partial charge in [-0.2, -0.15) is 0 Å². The third kappa shape index (κ3) is 2.20. The molecule has 1 aliphatic heterocycles. The van der Waals surface area contributed by atoms with Gasteiger partial charge in [-0.05, 0) is 35.7 Å². The largest absolute Gasteiger partial charge is 0.478 e. The molecule has 3 rings (SSSR count). The lowest BCUT2D eigenvalue weighted by atomic mass is 9.99. The van der Waals surface area contributed by atoms with Crippen molar-refractivity contribution in [2.75, 3.05) is 17.2 Å². The summed E-state index contributed by atoms with van der Waals surface area (Å²) < 4.78 is 0. The first-order valence-corrected chi connectivity index (χ1v) is 6.59. The maximum Gasteiger partial charge on any atom is 0.337 e. The zero-order valence-electron chi connectivity index (χ0n) is 11.0. The maximum absolute atomic E-state index is 11.2. The number of carboxylic acid groups (broad SMARTS) is 1. The van der Waals surface area contributed by atoms with E-state index >= 15 is 0 Å². The van der Waals surface area contributed by atoms with Crippen LogP contribution in [0.25, 0.3) is 0 Å². The Kier molecular flexibility index (Phi) is 3.06. The predicted molar refractivity (Wildman–Crippen MR) is 79.0 cm³/mol. The van der Waals surface area contributed by atoms with Crippen molar-refractivity contribution in [3.05, 3.63) is 59.2 Å². The van der Waals surface area contributed by atoms with Gasteiger partial charge in [0.05, 0.1) is 5.56 Å². The summed E-state index contributed by atoms with van der Waals surface area (Å²) in [6.45, 7) is 1.69. The van der Waals surface area contributed by atoms with Gasteiger partial charge in [-0.1, -0.05) is 24.3 Å². The molecule has 4 nitrogen and oxygen atoms in total. The van der Waals surface area contributed by atoms with Gasteiger partial charge in [0.25, 0.3) is 0 Å². The molecule has 0 fully saturated rings. The SMILES string of the molecule is Nc1ccc(N2CCc3ccccc3C2)cc1C(=O)O. The molecule has 3 N–H and O–H groups in total. The molecule has 20 heavy (non-hydrogen) atoms. The molecule has 0 amide bonds. The van der Waals surface area contributed by atoms with Gasteiger partial charge in [0.2, 0.25) is 0 Å². The number of hydrogen-bond donors (Lipinski definition) is 2. The van der Waals surface area contributed by atoms with E-state index in [4.69, 9.17) is 10.8 Å².